The van der Waals surface area contributed by atoms with Crippen LogP contribution in [0.3, 0.4) is 0 Å². The number of pyridine rings is 1. The van der Waals surface area contributed by atoms with Crippen LogP contribution in [0.1, 0.15) is 17.1 Å². The lowest BCUT2D eigenvalue weighted by molar-refractivity contribution is 0.401. The topological polar surface area (TPSA) is 79.8 Å². The predicted molar refractivity (Wildman–Crippen MR) is 138 cm³/mol. The molecule has 2 aromatic carbocycles. The standard InChI is InChI=1S/C27H25BN6O/c1-18-6-5-8-22(31-18)27-26(20-10-11-21-23(16-20)30-14-13-29-21)32-25(33-27)17-34(28)15-12-19-7-3-4-9-24(19)35-2/h3-11,13-14,16H,12,15,17H2,1-2H3,(H,32,33). The van der Waals surface area contributed by atoms with Crippen LogP contribution < -0.4 is 4.74 Å². The molecule has 3 aromatic heterocycles. The molecule has 0 amide bonds. The molecule has 0 fully saturated rings. The van der Waals surface area contributed by atoms with Crippen LogP contribution in [0.2, 0.25) is 0 Å². The number of methoxy groups -OCH3 is 1. The first-order valence-electron chi connectivity index (χ1n) is 11.5. The summed E-state index contributed by atoms with van der Waals surface area (Å²) in [6.07, 6.45) is 4.15. The number of nitrogens with one attached hydrogen (secondary N) is 1. The number of nitrogens with zero attached hydrogens (tertiary/aromatic N) is 5. The third-order valence-electron chi connectivity index (χ3n) is 5.85. The highest BCUT2D eigenvalue weighted by molar-refractivity contribution is 6.04. The van der Waals surface area contributed by atoms with E-state index >= 15 is 0 Å². The van der Waals surface area contributed by atoms with Crippen molar-refractivity contribution < 1.29 is 4.74 Å². The zero-order valence-electron chi connectivity index (χ0n) is 19.8. The van der Waals surface area contributed by atoms with E-state index in [1.807, 2.05) is 61.5 Å². The van der Waals surface area contributed by atoms with Crippen LogP contribution in [0.25, 0.3) is 33.7 Å². The van der Waals surface area contributed by atoms with Gasteiger partial charge in [-0.15, -0.1) is 0 Å². The van der Waals surface area contributed by atoms with Gasteiger partial charge in [-0.05, 0) is 55.8 Å². The normalized spacial score (nSPS) is 11.3. The molecule has 0 aliphatic heterocycles. The molecular weight excluding hydrogens is 435 g/mol. The molecule has 1 N–H and O–H groups in total. The van der Waals surface area contributed by atoms with Crippen LogP contribution in [0, 0.1) is 6.92 Å². The molecule has 8 heteroatoms. The number of hydrogen-bond donors (Lipinski definition) is 1. The molecule has 0 saturated heterocycles. The van der Waals surface area contributed by atoms with Crippen molar-refractivity contribution in [2.45, 2.75) is 19.9 Å². The monoisotopic (exact) mass is 460 g/mol. The molecule has 7 nitrogen and oxygen atoms in total. The Labute approximate surface area is 205 Å². The van der Waals surface area contributed by atoms with Crippen molar-refractivity contribution >= 4 is 19.0 Å². The Morgan fingerprint density at radius 2 is 1.77 bits per heavy atom. The molecule has 0 unspecified atom stereocenters. The van der Waals surface area contributed by atoms with Crippen molar-refractivity contribution in [3.8, 4) is 28.4 Å². The summed E-state index contributed by atoms with van der Waals surface area (Å²) in [6.45, 7) is 3.09. The third kappa shape index (κ3) is 5.07. The molecule has 0 atom stereocenters. The van der Waals surface area contributed by atoms with Gasteiger partial charge in [0.1, 0.15) is 11.6 Å². The van der Waals surface area contributed by atoms with Gasteiger partial charge >= 0.3 is 0 Å². The summed E-state index contributed by atoms with van der Waals surface area (Å²) in [4.78, 5) is 23.7. The zero-order valence-corrected chi connectivity index (χ0v) is 19.8. The molecule has 0 spiro atoms. The minimum absolute atomic E-state index is 0.460. The van der Waals surface area contributed by atoms with Crippen LogP contribution in [-0.4, -0.2) is 51.4 Å². The Balaban J connectivity index is 1.44. The van der Waals surface area contributed by atoms with Gasteiger partial charge in [0.15, 0.2) is 7.98 Å². The second kappa shape index (κ2) is 10.1. The molecule has 5 rings (SSSR count). The number of rotatable bonds is 8. The van der Waals surface area contributed by atoms with Crippen molar-refractivity contribution in [3.63, 3.8) is 0 Å². The minimum Gasteiger partial charge on any atom is -0.496 e. The molecule has 0 aliphatic carbocycles. The lowest BCUT2D eigenvalue weighted by atomic mass is 10.1. The summed E-state index contributed by atoms with van der Waals surface area (Å²) >= 11 is 0. The van der Waals surface area contributed by atoms with Crippen LogP contribution in [0.4, 0.5) is 0 Å². The van der Waals surface area contributed by atoms with Gasteiger partial charge in [-0.3, -0.25) is 15.0 Å². The van der Waals surface area contributed by atoms with Crippen molar-refractivity contribution in [2.24, 2.45) is 0 Å². The molecule has 2 radical (unpaired) electrons. The van der Waals surface area contributed by atoms with Gasteiger partial charge in [-0.2, -0.15) is 0 Å². The Bertz CT molecular complexity index is 1470. The third-order valence-corrected chi connectivity index (χ3v) is 5.85. The molecular formula is C27H25BN6O. The lowest BCUT2D eigenvalue weighted by Gasteiger charge is -2.16. The van der Waals surface area contributed by atoms with Crippen molar-refractivity contribution in [2.75, 3.05) is 13.7 Å². The SMILES string of the molecule is [B]N(CCc1ccccc1OC)Cc1nc(-c2ccc3nccnc3c2)c(-c2cccc(C)n2)[nH]1. The number of H-pyrrole nitrogens is 1. The fourth-order valence-electron chi connectivity index (χ4n) is 4.13. The first kappa shape index (κ1) is 22.7. The first-order chi connectivity index (χ1) is 17.1. The molecule has 35 heavy (non-hydrogen) atoms. The van der Waals surface area contributed by atoms with Crippen molar-refractivity contribution in [1.29, 1.82) is 0 Å². The molecule has 172 valence electrons. The van der Waals surface area contributed by atoms with Crippen LogP contribution in [0.5, 0.6) is 5.75 Å². The van der Waals surface area contributed by atoms with Crippen LogP contribution in [0.15, 0.2) is 73.1 Å². The largest absolute Gasteiger partial charge is 0.496 e. The number of aromatic nitrogens is 5. The molecule has 3 heterocycles. The Morgan fingerprint density at radius 3 is 2.60 bits per heavy atom. The second-order valence-corrected chi connectivity index (χ2v) is 8.36. The fourth-order valence-corrected chi connectivity index (χ4v) is 4.13. The van der Waals surface area contributed by atoms with E-state index in [1.165, 1.54) is 0 Å². The summed E-state index contributed by atoms with van der Waals surface area (Å²) in [6, 6.07) is 19.9. The first-order valence-corrected chi connectivity index (χ1v) is 11.5. The van der Waals surface area contributed by atoms with E-state index in [0.29, 0.717) is 13.1 Å². The van der Waals surface area contributed by atoms with Crippen molar-refractivity contribution in [3.05, 3.63) is 90.1 Å². The van der Waals surface area contributed by atoms with Gasteiger partial charge in [0.2, 0.25) is 0 Å². The average Bonchev–Trinajstić information content (AvgIpc) is 3.31. The van der Waals surface area contributed by atoms with E-state index in [0.717, 1.165) is 62.9 Å². The average molecular weight is 460 g/mol. The number of benzene rings is 2. The summed E-state index contributed by atoms with van der Waals surface area (Å²) in [5, 5.41) is 0. The summed E-state index contributed by atoms with van der Waals surface area (Å²) in [7, 11) is 8.06. The number of hydrogen-bond acceptors (Lipinski definition) is 6. The number of aromatic amines is 1. The zero-order chi connectivity index (χ0) is 24.2. The Kier molecular flexibility index (Phi) is 6.54. The highest BCUT2D eigenvalue weighted by Crippen LogP contribution is 2.31. The number of para-hydroxylation sites is 1. The maximum absolute atomic E-state index is 6.38. The molecule has 0 saturated carbocycles. The van der Waals surface area contributed by atoms with E-state index < -0.39 is 0 Å². The van der Waals surface area contributed by atoms with Gasteiger partial charge < -0.3 is 14.5 Å². The van der Waals surface area contributed by atoms with Gasteiger partial charge in [0.05, 0.1) is 35.2 Å². The smallest absolute Gasteiger partial charge is 0.183 e. The Hall–Kier alpha value is -4.04. The number of aryl methyl sites for hydroxylation is 1. The highest BCUT2D eigenvalue weighted by atomic mass is 16.5. The quantitative estimate of drug-likeness (QED) is 0.343. The van der Waals surface area contributed by atoms with Gasteiger partial charge in [-0.1, -0.05) is 30.3 Å². The molecule has 0 bridgehead atoms. The second-order valence-electron chi connectivity index (χ2n) is 8.36. The van der Waals surface area contributed by atoms with Gasteiger partial charge in [0, 0.05) is 30.2 Å². The predicted octanol–water partition coefficient (Wildman–Crippen LogP) is 4.53. The Morgan fingerprint density at radius 1 is 0.943 bits per heavy atom. The van der Waals surface area contributed by atoms with E-state index in [1.54, 1.807) is 24.3 Å². The van der Waals surface area contributed by atoms with Crippen LogP contribution >= 0.6 is 0 Å². The molecule has 5 aromatic rings. The van der Waals surface area contributed by atoms with E-state index in [9.17, 15) is 0 Å². The van der Waals surface area contributed by atoms with Crippen LogP contribution in [-0.2, 0) is 13.0 Å². The molecule has 0 aliphatic rings. The van der Waals surface area contributed by atoms with Crippen molar-refractivity contribution in [1.82, 2.24) is 29.7 Å². The lowest BCUT2D eigenvalue weighted by Crippen LogP contribution is -2.23. The highest BCUT2D eigenvalue weighted by Gasteiger charge is 2.17. The minimum atomic E-state index is 0.460. The maximum Gasteiger partial charge on any atom is 0.183 e. The van der Waals surface area contributed by atoms with Gasteiger partial charge in [-0.25, -0.2) is 4.98 Å². The maximum atomic E-state index is 6.38. The van der Waals surface area contributed by atoms with E-state index in [4.69, 9.17) is 22.7 Å². The number of imidazole rings is 1. The fraction of sp³-hybridized carbons (Fsp3) is 0.185. The summed E-state index contributed by atoms with van der Waals surface area (Å²) < 4.78 is 5.46. The number of ether oxygens (including phenoxy) is 1. The summed E-state index contributed by atoms with van der Waals surface area (Å²) in [5.74, 6) is 1.63. The number of fused-ring (bicyclic) bond motifs is 1. The summed E-state index contributed by atoms with van der Waals surface area (Å²) in [5.41, 5.74) is 7.14. The van der Waals surface area contributed by atoms with E-state index in [2.05, 4.69) is 21.0 Å². The van der Waals surface area contributed by atoms with Gasteiger partial charge in [0.25, 0.3) is 0 Å². The van der Waals surface area contributed by atoms with E-state index in [-0.39, 0.29) is 0 Å².